The van der Waals surface area contributed by atoms with Gasteiger partial charge in [0, 0.05) is 58.0 Å². The van der Waals surface area contributed by atoms with Crippen LogP contribution in [0.25, 0.3) is 0 Å². The lowest BCUT2D eigenvalue weighted by atomic mass is 10.0. The van der Waals surface area contributed by atoms with Gasteiger partial charge in [-0.25, -0.2) is 0 Å². The van der Waals surface area contributed by atoms with Crippen LogP contribution in [0.3, 0.4) is 0 Å². The number of aryl methyl sites for hydroxylation is 1. The smallest absolute Gasteiger partial charge is 0.128 e. The van der Waals surface area contributed by atoms with Crippen LogP contribution in [-0.4, -0.2) is 40.6 Å². The van der Waals surface area contributed by atoms with Gasteiger partial charge in [0.25, 0.3) is 0 Å². The van der Waals surface area contributed by atoms with Gasteiger partial charge in [0.2, 0.25) is 0 Å². The fraction of sp³-hybridized carbons (Fsp3) is 0.643. The Morgan fingerprint density at radius 1 is 1.47 bits per heavy atom. The van der Waals surface area contributed by atoms with Crippen molar-refractivity contribution in [2.45, 2.75) is 31.6 Å². The van der Waals surface area contributed by atoms with Crippen molar-refractivity contribution >= 4 is 23.5 Å². The number of aromatic nitrogens is 1. The second-order valence-electron chi connectivity index (χ2n) is 4.90. The summed E-state index contributed by atoms with van der Waals surface area (Å²) < 4.78 is 5.45. The molecule has 2 heterocycles. The average Bonchev–Trinajstić information content (AvgIpc) is 2.43. The number of thioether (sulfide) groups is 2. The van der Waals surface area contributed by atoms with E-state index in [2.05, 4.69) is 11.9 Å². The summed E-state index contributed by atoms with van der Waals surface area (Å²) in [5.41, 5.74) is 9.65. The molecular weight excluding hydrogens is 276 g/mol. The molecule has 3 nitrogen and oxygen atoms in total. The van der Waals surface area contributed by atoms with E-state index in [4.69, 9.17) is 10.5 Å². The number of hydrogen-bond acceptors (Lipinski definition) is 5. The van der Waals surface area contributed by atoms with Gasteiger partial charge in [0.1, 0.15) is 5.75 Å². The number of rotatable bonds is 4. The second-order valence-corrected chi connectivity index (χ2v) is 7.40. The molecule has 2 N–H and O–H groups in total. The third kappa shape index (κ3) is 3.58. The van der Waals surface area contributed by atoms with Crippen molar-refractivity contribution in [3.63, 3.8) is 0 Å². The number of hydrogen-bond donors (Lipinski definition) is 1. The molecule has 19 heavy (non-hydrogen) atoms. The molecule has 1 aliphatic heterocycles. The second kappa shape index (κ2) is 6.86. The lowest BCUT2D eigenvalue weighted by Crippen LogP contribution is -2.38. The zero-order chi connectivity index (χ0) is 13.8. The van der Waals surface area contributed by atoms with Gasteiger partial charge in [0.05, 0.1) is 7.11 Å². The van der Waals surface area contributed by atoms with Gasteiger partial charge in [-0.15, -0.1) is 0 Å². The topological polar surface area (TPSA) is 48.1 Å². The molecule has 0 saturated carbocycles. The van der Waals surface area contributed by atoms with Gasteiger partial charge < -0.3 is 10.5 Å². The predicted molar refractivity (Wildman–Crippen MR) is 85.5 cm³/mol. The first-order valence-corrected chi connectivity index (χ1v) is 8.77. The number of ether oxygens (including phenoxy) is 1. The van der Waals surface area contributed by atoms with Gasteiger partial charge in [0.15, 0.2) is 0 Å². The summed E-state index contributed by atoms with van der Waals surface area (Å²) >= 11 is 4.01. The normalized spacial score (nSPS) is 21.2. The Labute approximate surface area is 124 Å². The van der Waals surface area contributed by atoms with Crippen LogP contribution in [0.2, 0.25) is 0 Å². The lowest BCUT2D eigenvalue weighted by molar-refractivity contribution is 0.406. The third-order valence-electron chi connectivity index (χ3n) is 3.50. The lowest BCUT2D eigenvalue weighted by Gasteiger charge is -2.27. The molecule has 1 saturated heterocycles. The fourth-order valence-corrected chi connectivity index (χ4v) is 5.21. The van der Waals surface area contributed by atoms with Crippen LogP contribution in [-0.2, 0) is 6.42 Å². The van der Waals surface area contributed by atoms with Crippen LogP contribution in [0.1, 0.15) is 16.8 Å². The molecule has 0 radical (unpaired) electrons. The summed E-state index contributed by atoms with van der Waals surface area (Å²) in [6.07, 6.45) is 2.72. The van der Waals surface area contributed by atoms with Crippen molar-refractivity contribution in [3.8, 4) is 5.75 Å². The SMILES string of the molecule is COc1c(C)cnc(CC(N)C2CSCCS2)c1C. The Morgan fingerprint density at radius 2 is 2.26 bits per heavy atom. The fourth-order valence-electron chi connectivity index (χ4n) is 2.38. The Hall–Kier alpha value is -0.390. The van der Waals surface area contributed by atoms with Gasteiger partial charge in [-0.05, 0) is 13.8 Å². The Morgan fingerprint density at radius 3 is 2.89 bits per heavy atom. The summed E-state index contributed by atoms with van der Waals surface area (Å²) in [5, 5.41) is 0.548. The summed E-state index contributed by atoms with van der Waals surface area (Å²) in [4.78, 5) is 4.55. The summed E-state index contributed by atoms with van der Waals surface area (Å²) in [6.45, 7) is 4.10. The molecule has 1 aromatic heterocycles. The standard InChI is InChI=1S/C14H22N2OS2/c1-9-7-16-12(10(2)14(9)17-3)6-11(15)13-8-18-4-5-19-13/h7,11,13H,4-6,8,15H2,1-3H3. The maximum atomic E-state index is 6.36. The number of nitrogens with two attached hydrogens (primary N) is 1. The summed E-state index contributed by atoms with van der Waals surface area (Å²) in [5.74, 6) is 4.58. The van der Waals surface area contributed by atoms with Gasteiger partial charge in [-0.3, -0.25) is 4.98 Å². The van der Waals surface area contributed by atoms with Crippen LogP contribution in [0.15, 0.2) is 6.20 Å². The monoisotopic (exact) mass is 298 g/mol. The van der Waals surface area contributed by atoms with Crippen LogP contribution >= 0.6 is 23.5 Å². The number of nitrogens with zero attached hydrogens (tertiary/aromatic N) is 1. The molecular formula is C14H22N2OS2. The molecule has 1 aromatic rings. The van der Waals surface area contributed by atoms with E-state index in [0.717, 1.165) is 34.7 Å². The Balaban J connectivity index is 2.10. The molecule has 5 heteroatoms. The predicted octanol–water partition coefficient (Wildman–Crippen LogP) is 2.43. The summed E-state index contributed by atoms with van der Waals surface area (Å²) in [7, 11) is 1.71. The molecule has 106 valence electrons. The maximum Gasteiger partial charge on any atom is 0.128 e. The highest BCUT2D eigenvalue weighted by molar-refractivity contribution is 8.06. The average molecular weight is 298 g/mol. The van der Waals surface area contributed by atoms with Gasteiger partial charge >= 0.3 is 0 Å². The van der Waals surface area contributed by atoms with E-state index >= 15 is 0 Å². The molecule has 0 amide bonds. The first-order chi connectivity index (χ1) is 9.13. The van der Waals surface area contributed by atoms with E-state index < -0.39 is 0 Å². The highest BCUT2D eigenvalue weighted by Gasteiger charge is 2.23. The quantitative estimate of drug-likeness (QED) is 0.925. The summed E-state index contributed by atoms with van der Waals surface area (Å²) in [6, 6.07) is 0.177. The van der Waals surface area contributed by atoms with Crippen molar-refractivity contribution in [2.24, 2.45) is 5.73 Å². The minimum Gasteiger partial charge on any atom is -0.496 e. The molecule has 1 aliphatic rings. The van der Waals surface area contributed by atoms with Crippen LogP contribution < -0.4 is 10.5 Å². The highest BCUT2D eigenvalue weighted by Crippen LogP contribution is 2.29. The van der Waals surface area contributed by atoms with E-state index in [9.17, 15) is 0 Å². The molecule has 0 aromatic carbocycles. The molecule has 0 aliphatic carbocycles. The molecule has 2 unspecified atom stereocenters. The van der Waals surface area contributed by atoms with Gasteiger partial charge in [-0.2, -0.15) is 23.5 Å². The van der Waals surface area contributed by atoms with E-state index in [1.165, 1.54) is 11.5 Å². The zero-order valence-corrected chi connectivity index (χ0v) is 13.4. The van der Waals surface area contributed by atoms with E-state index in [1.54, 1.807) is 7.11 Å². The van der Waals surface area contributed by atoms with E-state index in [0.29, 0.717) is 5.25 Å². The van der Waals surface area contributed by atoms with E-state index in [-0.39, 0.29) is 6.04 Å². The van der Waals surface area contributed by atoms with Crippen LogP contribution in [0, 0.1) is 13.8 Å². The molecule has 0 bridgehead atoms. The van der Waals surface area contributed by atoms with E-state index in [1.807, 2.05) is 36.6 Å². The molecule has 0 spiro atoms. The van der Waals surface area contributed by atoms with Crippen molar-refractivity contribution in [2.75, 3.05) is 24.4 Å². The van der Waals surface area contributed by atoms with Crippen molar-refractivity contribution in [1.29, 1.82) is 0 Å². The highest BCUT2D eigenvalue weighted by atomic mass is 32.2. The van der Waals surface area contributed by atoms with Crippen molar-refractivity contribution in [1.82, 2.24) is 4.98 Å². The zero-order valence-electron chi connectivity index (χ0n) is 11.8. The Kier molecular flexibility index (Phi) is 5.42. The number of pyridine rings is 1. The van der Waals surface area contributed by atoms with Gasteiger partial charge in [-0.1, -0.05) is 0 Å². The largest absolute Gasteiger partial charge is 0.496 e. The van der Waals surface area contributed by atoms with Crippen LogP contribution in [0.4, 0.5) is 0 Å². The van der Waals surface area contributed by atoms with Crippen molar-refractivity contribution in [3.05, 3.63) is 23.0 Å². The minimum atomic E-state index is 0.177. The molecule has 2 atom stereocenters. The number of methoxy groups -OCH3 is 1. The third-order valence-corrected chi connectivity index (χ3v) is 6.44. The molecule has 2 rings (SSSR count). The van der Waals surface area contributed by atoms with Crippen molar-refractivity contribution < 1.29 is 4.74 Å². The maximum absolute atomic E-state index is 6.36. The first-order valence-electron chi connectivity index (χ1n) is 6.57. The molecule has 1 fully saturated rings. The minimum absolute atomic E-state index is 0.177. The first kappa shape index (κ1) is 15.0. The Bertz CT molecular complexity index is 434. The van der Waals surface area contributed by atoms with Crippen LogP contribution in [0.5, 0.6) is 5.75 Å².